The molecule has 0 aliphatic heterocycles. The number of fused-ring (bicyclic) bond motifs is 1. The van der Waals surface area contributed by atoms with Crippen molar-refractivity contribution in [3.63, 3.8) is 0 Å². The number of ether oxygens (including phenoxy) is 1. The Kier molecular flexibility index (Phi) is 4.95. The fourth-order valence-electron chi connectivity index (χ4n) is 3.43. The van der Waals surface area contributed by atoms with E-state index in [0.717, 1.165) is 30.8 Å². The van der Waals surface area contributed by atoms with Crippen LogP contribution in [0.2, 0.25) is 0 Å². The number of rotatable bonds is 6. The van der Waals surface area contributed by atoms with Crippen molar-refractivity contribution in [2.24, 2.45) is 0 Å². The minimum Gasteiger partial charge on any atom is -0.497 e. The van der Waals surface area contributed by atoms with Crippen LogP contribution in [0.3, 0.4) is 0 Å². The van der Waals surface area contributed by atoms with Crippen molar-refractivity contribution in [1.29, 1.82) is 0 Å². The number of aromatic nitrogens is 2. The van der Waals surface area contributed by atoms with E-state index in [1.54, 1.807) is 13.3 Å². The van der Waals surface area contributed by atoms with Crippen LogP contribution in [0, 0.1) is 0 Å². The Labute approximate surface area is 144 Å². The lowest BCUT2D eigenvalue weighted by molar-refractivity contribution is 0.411. The number of nitrogens with zero attached hydrogens (tertiary/aromatic N) is 3. The molecule has 1 aliphatic carbocycles. The summed E-state index contributed by atoms with van der Waals surface area (Å²) in [4.78, 5) is 2.24. The summed E-state index contributed by atoms with van der Waals surface area (Å²) in [6, 6.07) is 10.4. The normalized spacial score (nSPS) is 14.9. The molecular weight excluding hydrogens is 298 g/mol. The Hall–Kier alpha value is -2.20. The molecule has 0 fully saturated rings. The minimum atomic E-state index is 0.241. The van der Waals surface area contributed by atoms with Gasteiger partial charge < -0.3 is 9.64 Å². The van der Waals surface area contributed by atoms with Crippen LogP contribution in [0.5, 0.6) is 5.75 Å². The van der Waals surface area contributed by atoms with Gasteiger partial charge in [-0.05, 0) is 67.9 Å². The van der Waals surface area contributed by atoms with Gasteiger partial charge in [0.05, 0.1) is 12.8 Å². The zero-order valence-corrected chi connectivity index (χ0v) is 14.9. The maximum atomic E-state index is 5.40. The molecule has 0 radical (unpaired) electrons. The third-order valence-corrected chi connectivity index (χ3v) is 4.72. The van der Waals surface area contributed by atoms with E-state index in [2.05, 4.69) is 60.4 Å². The SMILES string of the molecule is COc1ccc2c(c1)CC(CCN(C)C)=C2C(C)c1cccnn1. The zero-order valence-electron chi connectivity index (χ0n) is 14.9. The molecule has 3 rings (SSSR count). The zero-order chi connectivity index (χ0) is 17.1. The Morgan fingerprint density at radius 2 is 2.08 bits per heavy atom. The number of hydrogen-bond donors (Lipinski definition) is 0. The third-order valence-electron chi connectivity index (χ3n) is 4.72. The van der Waals surface area contributed by atoms with Crippen molar-refractivity contribution in [3.05, 3.63) is 58.9 Å². The molecule has 2 aromatic rings. The molecular formula is C20H25N3O. The molecule has 0 saturated carbocycles. The fraction of sp³-hybridized carbons (Fsp3) is 0.400. The van der Waals surface area contributed by atoms with Crippen LogP contribution in [-0.2, 0) is 6.42 Å². The summed E-state index contributed by atoms with van der Waals surface area (Å²) >= 11 is 0. The number of hydrogen-bond acceptors (Lipinski definition) is 4. The summed E-state index contributed by atoms with van der Waals surface area (Å²) in [6.07, 6.45) is 3.80. The lowest BCUT2D eigenvalue weighted by Crippen LogP contribution is -2.14. The summed E-state index contributed by atoms with van der Waals surface area (Å²) in [5, 5.41) is 8.40. The molecule has 1 aromatic heterocycles. The van der Waals surface area contributed by atoms with Gasteiger partial charge in [0.25, 0.3) is 0 Å². The molecule has 24 heavy (non-hydrogen) atoms. The fourth-order valence-corrected chi connectivity index (χ4v) is 3.43. The highest BCUT2D eigenvalue weighted by molar-refractivity contribution is 5.80. The summed E-state index contributed by atoms with van der Waals surface area (Å²) in [5.74, 6) is 1.17. The second-order valence-corrected chi connectivity index (χ2v) is 6.64. The van der Waals surface area contributed by atoms with E-state index < -0.39 is 0 Å². The van der Waals surface area contributed by atoms with Crippen molar-refractivity contribution in [3.8, 4) is 5.75 Å². The number of benzene rings is 1. The molecule has 1 unspecified atom stereocenters. The average Bonchev–Trinajstić information content (AvgIpc) is 2.97. The smallest absolute Gasteiger partial charge is 0.119 e. The third kappa shape index (κ3) is 3.34. The van der Waals surface area contributed by atoms with Gasteiger partial charge in [0.15, 0.2) is 0 Å². The molecule has 0 bridgehead atoms. The standard InChI is InChI=1S/C20H25N3O/c1-14(19-6-5-10-21-22-19)20-15(9-11-23(2)3)12-16-13-17(24-4)7-8-18(16)20/h5-8,10,13-14H,9,11-12H2,1-4H3. The van der Waals surface area contributed by atoms with Crippen molar-refractivity contribution in [2.45, 2.75) is 25.7 Å². The lowest BCUT2D eigenvalue weighted by atomic mass is 9.90. The van der Waals surface area contributed by atoms with Crippen LogP contribution >= 0.6 is 0 Å². The van der Waals surface area contributed by atoms with Gasteiger partial charge in [0.1, 0.15) is 5.75 Å². The van der Waals surface area contributed by atoms with Gasteiger partial charge in [0.2, 0.25) is 0 Å². The minimum absolute atomic E-state index is 0.241. The topological polar surface area (TPSA) is 38.2 Å². The van der Waals surface area contributed by atoms with Crippen LogP contribution < -0.4 is 4.74 Å². The Balaban J connectivity index is 2.00. The first-order valence-corrected chi connectivity index (χ1v) is 8.41. The highest BCUT2D eigenvalue weighted by atomic mass is 16.5. The number of allylic oxidation sites excluding steroid dienone is 1. The lowest BCUT2D eigenvalue weighted by Gasteiger charge is -2.17. The molecule has 1 heterocycles. The van der Waals surface area contributed by atoms with Crippen LogP contribution in [0.15, 0.2) is 42.1 Å². The van der Waals surface area contributed by atoms with Gasteiger partial charge >= 0.3 is 0 Å². The highest BCUT2D eigenvalue weighted by Crippen LogP contribution is 2.43. The molecule has 4 nitrogen and oxygen atoms in total. The van der Waals surface area contributed by atoms with E-state index in [4.69, 9.17) is 4.74 Å². The summed E-state index contributed by atoms with van der Waals surface area (Å²) in [6.45, 7) is 3.28. The van der Waals surface area contributed by atoms with E-state index in [9.17, 15) is 0 Å². The number of methoxy groups -OCH3 is 1. The van der Waals surface area contributed by atoms with Gasteiger partial charge in [0, 0.05) is 18.7 Å². The monoisotopic (exact) mass is 323 g/mol. The van der Waals surface area contributed by atoms with Gasteiger partial charge in [-0.3, -0.25) is 0 Å². The first-order valence-electron chi connectivity index (χ1n) is 8.41. The van der Waals surface area contributed by atoms with Crippen molar-refractivity contribution < 1.29 is 4.74 Å². The van der Waals surface area contributed by atoms with Crippen molar-refractivity contribution >= 4 is 5.57 Å². The van der Waals surface area contributed by atoms with Gasteiger partial charge in [-0.1, -0.05) is 18.6 Å². The van der Waals surface area contributed by atoms with E-state index in [1.807, 2.05) is 6.07 Å². The predicted octanol–water partition coefficient (Wildman–Crippen LogP) is 3.55. The summed E-state index contributed by atoms with van der Waals surface area (Å²) in [5.41, 5.74) is 6.63. The predicted molar refractivity (Wildman–Crippen MR) is 97.2 cm³/mol. The van der Waals surface area contributed by atoms with Crippen LogP contribution in [0.4, 0.5) is 0 Å². The van der Waals surface area contributed by atoms with E-state index in [1.165, 1.54) is 22.3 Å². The van der Waals surface area contributed by atoms with Crippen LogP contribution in [0.25, 0.3) is 5.57 Å². The Morgan fingerprint density at radius 3 is 2.75 bits per heavy atom. The van der Waals surface area contributed by atoms with Crippen molar-refractivity contribution in [2.75, 3.05) is 27.7 Å². The second-order valence-electron chi connectivity index (χ2n) is 6.64. The van der Waals surface area contributed by atoms with E-state index in [-0.39, 0.29) is 5.92 Å². The molecule has 0 amide bonds. The molecule has 0 saturated heterocycles. The molecule has 1 aliphatic rings. The highest BCUT2D eigenvalue weighted by Gasteiger charge is 2.27. The van der Waals surface area contributed by atoms with Gasteiger partial charge in [-0.15, -0.1) is 0 Å². The quantitative estimate of drug-likeness (QED) is 0.815. The Morgan fingerprint density at radius 1 is 1.25 bits per heavy atom. The summed E-state index contributed by atoms with van der Waals surface area (Å²) in [7, 11) is 5.97. The van der Waals surface area contributed by atoms with Gasteiger partial charge in [-0.25, -0.2) is 0 Å². The molecule has 1 aromatic carbocycles. The second kappa shape index (κ2) is 7.14. The van der Waals surface area contributed by atoms with E-state index in [0.29, 0.717) is 0 Å². The van der Waals surface area contributed by atoms with Crippen LogP contribution in [0.1, 0.15) is 36.1 Å². The molecule has 1 atom stereocenters. The summed E-state index contributed by atoms with van der Waals surface area (Å²) < 4.78 is 5.40. The maximum Gasteiger partial charge on any atom is 0.119 e. The maximum absolute atomic E-state index is 5.40. The van der Waals surface area contributed by atoms with Crippen LogP contribution in [-0.4, -0.2) is 42.8 Å². The molecule has 0 N–H and O–H groups in total. The first kappa shape index (κ1) is 16.7. The van der Waals surface area contributed by atoms with E-state index >= 15 is 0 Å². The largest absolute Gasteiger partial charge is 0.497 e. The first-order chi connectivity index (χ1) is 11.6. The Bertz CT molecular complexity index is 738. The van der Waals surface area contributed by atoms with Crippen molar-refractivity contribution in [1.82, 2.24) is 15.1 Å². The van der Waals surface area contributed by atoms with Gasteiger partial charge in [-0.2, -0.15) is 10.2 Å². The average molecular weight is 323 g/mol. The molecule has 4 heteroatoms. The molecule has 0 spiro atoms. The molecule has 126 valence electrons.